The number of rotatable bonds is 5. The summed E-state index contributed by atoms with van der Waals surface area (Å²) in [6.07, 6.45) is 1.26. The molecule has 2 heterocycles. The summed E-state index contributed by atoms with van der Waals surface area (Å²) in [5, 5.41) is 8.85. The molecular formula is C17H17N3O3S. The number of aromatic nitrogens is 1. The van der Waals surface area contributed by atoms with E-state index in [1.54, 1.807) is 12.1 Å². The van der Waals surface area contributed by atoms with E-state index in [0.717, 1.165) is 11.1 Å². The van der Waals surface area contributed by atoms with Gasteiger partial charge in [-0.1, -0.05) is 29.8 Å². The molecule has 2 aromatic rings. The van der Waals surface area contributed by atoms with E-state index >= 15 is 0 Å². The summed E-state index contributed by atoms with van der Waals surface area (Å²) in [4.78, 5) is 4.03. The lowest BCUT2D eigenvalue weighted by Gasteiger charge is -2.37. The van der Waals surface area contributed by atoms with Crippen molar-refractivity contribution in [2.45, 2.75) is 18.8 Å². The number of sulfonamides is 1. The van der Waals surface area contributed by atoms with Crippen LogP contribution in [0.15, 0.2) is 42.6 Å². The van der Waals surface area contributed by atoms with E-state index in [1.165, 1.54) is 10.5 Å². The molecule has 0 amide bonds. The van der Waals surface area contributed by atoms with Gasteiger partial charge in [-0.25, -0.2) is 13.4 Å². The third-order valence-corrected chi connectivity index (χ3v) is 5.61. The normalized spacial score (nSPS) is 15.5. The van der Waals surface area contributed by atoms with E-state index in [2.05, 4.69) is 4.98 Å². The molecule has 0 saturated carbocycles. The van der Waals surface area contributed by atoms with Crippen LogP contribution in [0.1, 0.15) is 16.7 Å². The predicted molar refractivity (Wildman–Crippen MR) is 88.7 cm³/mol. The third-order valence-electron chi connectivity index (χ3n) is 3.83. The number of aryl methyl sites for hydroxylation is 1. The molecule has 0 radical (unpaired) electrons. The third kappa shape index (κ3) is 3.72. The summed E-state index contributed by atoms with van der Waals surface area (Å²) in [5.74, 6) is 0.331. The van der Waals surface area contributed by atoms with Gasteiger partial charge in [0.15, 0.2) is 0 Å². The Balaban J connectivity index is 1.57. The molecule has 1 fully saturated rings. The maximum atomic E-state index is 12.4. The van der Waals surface area contributed by atoms with Crippen molar-refractivity contribution in [1.82, 2.24) is 9.29 Å². The van der Waals surface area contributed by atoms with E-state index in [1.807, 2.05) is 37.3 Å². The highest BCUT2D eigenvalue weighted by Crippen LogP contribution is 2.22. The van der Waals surface area contributed by atoms with Crippen molar-refractivity contribution in [2.24, 2.45) is 0 Å². The topological polar surface area (TPSA) is 83.3 Å². The molecule has 1 aliphatic heterocycles. The molecule has 0 spiro atoms. The number of hydrogen-bond donors (Lipinski definition) is 0. The van der Waals surface area contributed by atoms with Crippen LogP contribution in [0.5, 0.6) is 5.88 Å². The molecule has 6 nitrogen and oxygen atoms in total. The summed E-state index contributed by atoms with van der Waals surface area (Å²) in [6.45, 7) is 2.56. The predicted octanol–water partition coefficient (Wildman–Crippen LogP) is 1.85. The Morgan fingerprint density at radius 3 is 2.67 bits per heavy atom. The number of nitriles is 1. The average Bonchev–Trinajstić information content (AvgIpc) is 2.52. The van der Waals surface area contributed by atoms with E-state index in [4.69, 9.17) is 10.00 Å². The lowest BCUT2D eigenvalue weighted by molar-refractivity contribution is 0.0719. The van der Waals surface area contributed by atoms with Crippen molar-refractivity contribution in [3.63, 3.8) is 0 Å². The first kappa shape index (κ1) is 16.4. The number of benzene rings is 1. The fourth-order valence-electron chi connectivity index (χ4n) is 2.40. The second-order valence-corrected chi connectivity index (χ2v) is 7.76. The van der Waals surface area contributed by atoms with Crippen molar-refractivity contribution in [2.75, 3.05) is 13.1 Å². The molecular weight excluding hydrogens is 326 g/mol. The summed E-state index contributed by atoms with van der Waals surface area (Å²) in [5.41, 5.74) is 2.33. The molecule has 1 saturated heterocycles. The van der Waals surface area contributed by atoms with Crippen LogP contribution < -0.4 is 4.74 Å². The first-order chi connectivity index (χ1) is 11.5. The number of hydrogen-bond acceptors (Lipinski definition) is 5. The Hall–Kier alpha value is -2.43. The van der Waals surface area contributed by atoms with Gasteiger partial charge in [-0.15, -0.1) is 0 Å². The number of nitrogens with zero attached hydrogens (tertiary/aromatic N) is 3. The van der Waals surface area contributed by atoms with E-state index < -0.39 is 10.0 Å². The molecule has 1 aromatic heterocycles. The van der Waals surface area contributed by atoms with Crippen LogP contribution in [0.25, 0.3) is 0 Å². The fraction of sp³-hybridized carbons (Fsp3) is 0.294. The highest BCUT2D eigenvalue weighted by atomic mass is 32.2. The minimum atomic E-state index is -3.35. The smallest absolute Gasteiger partial charge is 0.218 e. The summed E-state index contributed by atoms with van der Waals surface area (Å²) in [7, 11) is -3.35. The molecule has 0 unspecified atom stereocenters. The average molecular weight is 343 g/mol. The zero-order valence-electron chi connectivity index (χ0n) is 13.2. The van der Waals surface area contributed by atoms with Crippen LogP contribution in [0, 0.1) is 18.3 Å². The van der Waals surface area contributed by atoms with Gasteiger partial charge in [-0.2, -0.15) is 9.57 Å². The first-order valence-corrected chi connectivity index (χ1v) is 9.13. The minimum Gasteiger partial charge on any atom is -0.471 e. The lowest BCUT2D eigenvalue weighted by atomic mass is 10.2. The van der Waals surface area contributed by atoms with Gasteiger partial charge >= 0.3 is 0 Å². The SMILES string of the molecule is Cc1ccc(CS(=O)(=O)N2CC(Oc3cc(C#N)ccn3)C2)cc1. The Kier molecular flexibility index (Phi) is 4.51. The fourth-order valence-corrected chi connectivity index (χ4v) is 3.99. The molecule has 0 N–H and O–H groups in total. The van der Waals surface area contributed by atoms with Gasteiger partial charge in [0.05, 0.1) is 30.5 Å². The van der Waals surface area contributed by atoms with Gasteiger partial charge in [0.1, 0.15) is 6.10 Å². The van der Waals surface area contributed by atoms with Crippen LogP contribution in [0.3, 0.4) is 0 Å². The maximum Gasteiger partial charge on any atom is 0.218 e. The van der Waals surface area contributed by atoms with Gasteiger partial charge < -0.3 is 4.74 Å². The molecule has 7 heteroatoms. The standard InChI is InChI=1S/C17H17N3O3S/c1-13-2-4-14(5-3-13)12-24(21,22)20-10-16(11-20)23-17-8-15(9-18)6-7-19-17/h2-8,16H,10-12H2,1H3. The Morgan fingerprint density at radius 1 is 1.29 bits per heavy atom. The van der Waals surface area contributed by atoms with Gasteiger partial charge in [0, 0.05) is 12.3 Å². The largest absolute Gasteiger partial charge is 0.471 e. The summed E-state index contributed by atoms with van der Waals surface area (Å²) >= 11 is 0. The second-order valence-electron chi connectivity index (χ2n) is 5.79. The molecule has 124 valence electrons. The molecule has 1 aliphatic rings. The van der Waals surface area contributed by atoms with Crippen LogP contribution >= 0.6 is 0 Å². The minimum absolute atomic E-state index is 0.0117. The van der Waals surface area contributed by atoms with Crippen LogP contribution in [-0.4, -0.2) is 36.9 Å². The van der Waals surface area contributed by atoms with Gasteiger partial charge in [-0.3, -0.25) is 0 Å². The Labute approximate surface area is 141 Å². The van der Waals surface area contributed by atoms with E-state index in [9.17, 15) is 8.42 Å². The number of pyridine rings is 1. The van der Waals surface area contributed by atoms with Crippen LogP contribution in [0.4, 0.5) is 0 Å². The summed E-state index contributed by atoms with van der Waals surface area (Å²) in [6, 6.07) is 12.6. The maximum absolute atomic E-state index is 12.4. The second kappa shape index (κ2) is 6.59. The quantitative estimate of drug-likeness (QED) is 0.827. The highest BCUT2D eigenvalue weighted by molar-refractivity contribution is 7.88. The van der Waals surface area contributed by atoms with Crippen molar-refractivity contribution in [3.8, 4) is 11.9 Å². The highest BCUT2D eigenvalue weighted by Gasteiger charge is 2.37. The van der Waals surface area contributed by atoms with E-state index in [0.29, 0.717) is 24.5 Å². The van der Waals surface area contributed by atoms with Gasteiger partial charge in [-0.05, 0) is 18.6 Å². The molecule has 3 rings (SSSR count). The Bertz CT molecular complexity index is 867. The first-order valence-electron chi connectivity index (χ1n) is 7.52. The van der Waals surface area contributed by atoms with Crippen molar-refractivity contribution in [1.29, 1.82) is 5.26 Å². The van der Waals surface area contributed by atoms with Crippen LogP contribution in [-0.2, 0) is 15.8 Å². The molecule has 24 heavy (non-hydrogen) atoms. The molecule has 1 aromatic carbocycles. The van der Waals surface area contributed by atoms with Gasteiger partial charge in [0.25, 0.3) is 0 Å². The van der Waals surface area contributed by atoms with Crippen molar-refractivity contribution < 1.29 is 13.2 Å². The Morgan fingerprint density at radius 2 is 2.00 bits per heavy atom. The monoisotopic (exact) mass is 343 g/mol. The lowest BCUT2D eigenvalue weighted by Crippen LogP contribution is -2.56. The molecule has 0 atom stereocenters. The molecule has 0 bridgehead atoms. The van der Waals surface area contributed by atoms with Crippen LogP contribution in [0.2, 0.25) is 0 Å². The molecule has 0 aliphatic carbocycles. The zero-order valence-corrected chi connectivity index (χ0v) is 14.0. The number of ether oxygens (including phenoxy) is 1. The van der Waals surface area contributed by atoms with Gasteiger partial charge in [0.2, 0.25) is 15.9 Å². The summed E-state index contributed by atoms with van der Waals surface area (Å²) < 4.78 is 31.8. The zero-order chi connectivity index (χ0) is 17.2. The van der Waals surface area contributed by atoms with Crippen molar-refractivity contribution >= 4 is 10.0 Å². The van der Waals surface area contributed by atoms with Crippen molar-refractivity contribution in [3.05, 3.63) is 59.3 Å². The van der Waals surface area contributed by atoms with E-state index in [-0.39, 0.29) is 11.9 Å².